The number of hydrogen-bond acceptors (Lipinski definition) is 3. The Morgan fingerprint density at radius 2 is 2.00 bits per heavy atom. The molecule has 2 aliphatic carbocycles. The number of carbonyl (C=O) groups is 1. The maximum atomic E-state index is 10.8. The van der Waals surface area contributed by atoms with Crippen molar-refractivity contribution in [1.82, 2.24) is 0 Å². The average Bonchev–Trinajstić information content (AvgIpc) is 3.10. The van der Waals surface area contributed by atoms with E-state index in [2.05, 4.69) is 19.9 Å². The molecular formula is C22H38O4. The van der Waals surface area contributed by atoms with E-state index in [0.717, 1.165) is 38.5 Å². The number of aliphatic hydroxyl groups is 2. The monoisotopic (exact) mass is 366 g/mol. The van der Waals surface area contributed by atoms with Crippen LogP contribution in [0.3, 0.4) is 0 Å². The van der Waals surface area contributed by atoms with Crippen molar-refractivity contribution in [3.8, 4) is 0 Å². The number of allylic oxidation sites excluding steroid dienone is 2. The first-order valence-electron chi connectivity index (χ1n) is 10.7. The number of rotatable bonds is 11. The van der Waals surface area contributed by atoms with Gasteiger partial charge in [0.05, 0.1) is 12.2 Å². The molecule has 2 aliphatic rings. The van der Waals surface area contributed by atoms with Crippen molar-refractivity contribution in [3.05, 3.63) is 11.6 Å². The summed E-state index contributed by atoms with van der Waals surface area (Å²) < 4.78 is 0. The summed E-state index contributed by atoms with van der Waals surface area (Å²) in [6.07, 6.45) is 11.6. The Bertz CT molecular complexity index is 473. The summed E-state index contributed by atoms with van der Waals surface area (Å²) in [5, 5.41) is 30.0. The fourth-order valence-electron chi connectivity index (χ4n) is 5.11. The zero-order valence-electron chi connectivity index (χ0n) is 16.6. The second-order valence-corrected chi connectivity index (χ2v) is 8.75. The van der Waals surface area contributed by atoms with Crippen LogP contribution in [0.2, 0.25) is 0 Å². The van der Waals surface area contributed by atoms with Gasteiger partial charge in [-0.2, -0.15) is 0 Å². The number of fused-ring (bicyclic) bond motifs is 1. The summed E-state index contributed by atoms with van der Waals surface area (Å²) >= 11 is 0. The second-order valence-electron chi connectivity index (χ2n) is 8.75. The van der Waals surface area contributed by atoms with Gasteiger partial charge in [0.15, 0.2) is 0 Å². The topological polar surface area (TPSA) is 77.8 Å². The zero-order chi connectivity index (χ0) is 19.1. The highest BCUT2D eigenvalue weighted by Crippen LogP contribution is 2.51. The maximum Gasteiger partial charge on any atom is 0.303 e. The van der Waals surface area contributed by atoms with E-state index in [1.54, 1.807) is 0 Å². The predicted octanol–water partition coefficient (Wildman–Crippen LogP) is 4.54. The molecule has 0 saturated heterocycles. The Morgan fingerprint density at radius 1 is 1.23 bits per heavy atom. The number of aliphatic hydroxyl groups excluding tert-OH is 2. The first-order chi connectivity index (χ1) is 12.4. The van der Waals surface area contributed by atoms with Crippen molar-refractivity contribution < 1.29 is 20.1 Å². The molecule has 0 aromatic carbocycles. The van der Waals surface area contributed by atoms with Crippen LogP contribution in [0.5, 0.6) is 0 Å². The van der Waals surface area contributed by atoms with Gasteiger partial charge in [-0.05, 0) is 62.7 Å². The highest BCUT2D eigenvalue weighted by Gasteiger charge is 2.48. The van der Waals surface area contributed by atoms with Gasteiger partial charge >= 0.3 is 5.97 Å². The molecule has 0 aliphatic heterocycles. The lowest BCUT2D eigenvalue weighted by Gasteiger charge is -2.27. The molecule has 0 amide bonds. The SMILES string of the molecule is CCCCC(C)CCC(O)[C@H]1[C@H]2C/C(=C/CCCC(=O)O)C[C@H]2C[C@H]1O. The number of aliphatic carboxylic acids is 1. The van der Waals surface area contributed by atoms with Crippen molar-refractivity contribution in [2.24, 2.45) is 23.7 Å². The summed E-state index contributed by atoms with van der Waals surface area (Å²) in [5.41, 5.74) is 1.41. The number of unbranched alkanes of at least 4 members (excludes halogenated alkanes) is 2. The Labute approximate surface area is 158 Å². The van der Waals surface area contributed by atoms with Gasteiger partial charge in [-0.3, -0.25) is 4.79 Å². The van der Waals surface area contributed by atoms with E-state index in [1.165, 1.54) is 24.8 Å². The molecule has 2 unspecified atom stereocenters. The third-order valence-corrected chi connectivity index (χ3v) is 6.59. The highest BCUT2D eigenvalue weighted by molar-refractivity contribution is 5.66. The van der Waals surface area contributed by atoms with Crippen molar-refractivity contribution in [1.29, 1.82) is 0 Å². The quantitative estimate of drug-likeness (QED) is 0.370. The lowest BCUT2D eigenvalue weighted by Crippen LogP contribution is -2.32. The van der Waals surface area contributed by atoms with Crippen LogP contribution < -0.4 is 0 Å². The molecule has 0 spiro atoms. The largest absolute Gasteiger partial charge is 0.481 e. The zero-order valence-corrected chi connectivity index (χ0v) is 16.6. The molecule has 150 valence electrons. The average molecular weight is 367 g/mol. The minimum absolute atomic E-state index is 0.0169. The normalized spacial score (nSPS) is 31.9. The van der Waals surface area contributed by atoms with Crippen molar-refractivity contribution >= 4 is 5.97 Å². The molecule has 2 fully saturated rings. The maximum absolute atomic E-state index is 10.8. The van der Waals surface area contributed by atoms with E-state index >= 15 is 0 Å². The Kier molecular flexibility index (Phi) is 8.62. The van der Waals surface area contributed by atoms with Gasteiger partial charge in [0.25, 0.3) is 0 Å². The molecule has 2 rings (SSSR count). The minimum atomic E-state index is -0.730. The summed E-state index contributed by atoms with van der Waals surface area (Å²) in [7, 11) is 0. The molecule has 6 atom stereocenters. The third-order valence-electron chi connectivity index (χ3n) is 6.59. The van der Waals surface area contributed by atoms with Crippen molar-refractivity contribution in [2.75, 3.05) is 0 Å². The van der Waals surface area contributed by atoms with E-state index in [1.807, 2.05) is 0 Å². The van der Waals surface area contributed by atoms with Gasteiger partial charge in [-0.15, -0.1) is 0 Å². The van der Waals surface area contributed by atoms with Crippen LogP contribution >= 0.6 is 0 Å². The van der Waals surface area contributed by atoms with Crippen LogP contribution in [0, 0.1) is 23.7 Å². The van der Waals surface area contributed by atoms with Crippen LogP contribution in [-0.2, 0) is 4.79 Å². The lowest BCUT2D eigenvalue weighted by atomic mass is 9.83. The Hall–Kier alpha value is -0.870. The van der Waals surface area contributed by atoms with Crippen LogP contribution in [0.1, 0.15) is 84.5 Å². The van der Waals surface area contributed by atoms with E-state index in [9.17, 15) is 15.0 Å². The van der Waals surface area contributed by atoms with Gasteiger partial charge in [-0.1, -0.05) is 44.8 Å². The standard InChI is InChI=1S/C22H38O4/c1-3-4-7-15(2)10-11-19(23)22-18-13-16(8-5-6-9-21(25)26)12-17(18)14-20(22)24/h8,15,17-20,22-24H,3-7,9-14H2,1-2H3,(H,25,26)/b16-8+/t15?,17-,18-,19?,20+,22+/m0/s1. The molecular weight excluding hydrogens is 328 g/mol. The van der Waals surface area contributed by atoms with Crippen LogP contribution in [0.25, 0.3) is 0 Å². The number of carboxylic acids is 1. The Balaban J connectivity index is 1.82. The fourth-order valence-corrected chi connectivity index (χ4v) is 5.11. The number of carboxylic acid groups (broad SMARTS) is 1. The van der Waals surface area contributed by atoms with Crippen molar-refractivity contribution in [2.45, 2.75) is 96.7 Å². The van der Waals surface area contributed by atoms with E-state index in [4.69, 9.17) is 5.11 Å². The predicted molar refractivity (Wildman–Crippen MR) is 104 cm³/mol. The van der Waals surface area contributed by atoms with Crippen LogP contribution in [0.15, 0.2) is 11.6 Å². The van der Waals surface area contributed by atoms with E-state index in [0.29, 0.717) is 24.2 Å². The Morgan fingerprint density at radius 3 is 2.69 bits per heavy atom. The van der Waals surface area contributed by atoms with Crippen molar-refractivity contribution in [3.63, 3.8) is 0 Å². The van der Waals surface area contributed by atoms with Gasteiger partial charge in [-0.25, -0.2) is 0 Å². The van der Waals surface area contributed by atoms with Crippen LogP contribution in [0.4, 0.5) is 0 Å². The minimum Gasteiger partial charge on any atom is -0.481 e. The number of hydrogen-bond donors (Lipinski definition) is 3. The summed E-state index contributed by atoms with van der Waals surface area (Å²) in [4.78, 5) is 10.6. The molecule has 0 heterocycles. The molecule has 0 aromatic heterocycles. The fraction of sp³-hybridized carbons (Fsp3) is 0.864. The first kappa shape index (κ1) is 21.4. The summed E-state index contributed by atoms with van der Waals surface area (Å²) in [6.45, 7) is 4.48. The molecule has 2 saturated carbocycles. The third kappa shape index (κ3) is 6.09. The highest BCUT2D eigenvalue weighted by atomic mass is 16.4. The van der Waals surface area contributed by atoms with Gasteiger partial charge in [0.2, 0.25) is 0 Å². The summed E-state index contributed by atoms with van der Waals surface area (Å²) in [5.74, 6) is 0.825. The van der Waals surface area contributed by atoms with Gasteiger partial charge in [0.1, 0.15) is 0 Å². The van der Waals surface area contributed by atoms with Gasteiger partial charge in [0, 0.05) is 12.3 Å². The van der Waals surface area contributed by atoms with Crippen LogP contribution in [-0.4, -0.2) is 33.5 Å². The molecule has 4 heteroatoms. The lowest BCUT2D eigenvalue weighted by molar-refractivity contribution is -0.137. The van der Waals surface area contributed by atoms with Gasteiger partial charge < -0.3 is 15.3 Å². The van der Waals surface area contributed by atoms with E-state index < -0.39 is 12.1 Å². The molecule has 3 N–H and O–H groups in total. The summed E-state index contributed by atoms with van der Waals surface area (Å²) in [6, 6.07) is 0. The molecule has 4 nitrogen and oxygen atoms in total. The molecule has 26 heavy (non-hydrogen) atoms. The van der Waals surface area contributed by atoms with E-state index in [-0.39, 0.29) is 18.4 Å². The molecule has 0 bridgehead atoms. The molecule has 0 aromatic rings. The smallest absolute Gasteiger partial charge is 0.303 e. The first-order valence-corrected chi connectivity index (χ1v) is 10.7. The molecule has 0 radical (unpaired) electrons. The second kappa shape index (κ2) is 10.5.